The van der Waals surface area contributed by atoms with E-state index in [-0.39, 0.29) is 17.4 Å². The van der Waals surface area contributed by atoms with Crippen LogP contribution in [0.5, 0.6) is 0 Å². The van der Waals surface area contributed by atoms with Gasteiger partial charge >= 0.3 is 0 Å². The Labute approximate surface area is 108 Å². The minimum absolute atomic E-state index is 0.0171. The molecule has 0 aliphatic heterocycles. The van der Waals surface area contributed by atoms with E-state index in [9.17, 15) is 13.6 Å². The fourth-order valence-corrected chi connectivity index (χ4v) is 2.61. The number of hydrogen-bond acceptors (Lipinski definition) is 2. The molecule has 2 aromatic rings. The largest absolute Gasteiger partial charge is 0.458 e. The van der Waals surface area contributed by atoms with Gasteiger partial charge in [0.15, 0.2) is 11.4 Å². The van der Waals surface area contributed by atoms with Crippen LogP contribution in [-0.4, -0.2) is 5.91 Å². The summed E-state index contributed by atoms with van der Waals surface area (Å²) in [7, 11) is 0. The van der Waals surface area contributed by atoms with Gasteiger partial charge in [0.2, 0.25) is 5.91 Å². The molecule has 2 N–H and O–H groups in total. The average molecular weight is 265 g/mol. The van der Waals surface area contributed by atoms with Crippen LogP contribution in [-0.2, 0) is 4.79 Å². The average Bonchev–Trinajstić information content (AvgIpc) is 3.03. The summed E-state index contributed by atoms with van der Waals surface area (Å²) in [6.07, 6.45) is 1.41. The molecule has 1 aromatic heterocycles. The lowest BCUT2D eigenvalue weighted by Gasteiger charge is -2.17. The molecule has 1 aromatic carbocycles. The minimum Gasteiger partial charge on any atom is -0.458 e. The Balaban J connectivity index is 2.07. The van der Waals surface area contributed by atoms with Crippen molar-refractivity contribution in [3.8, 4) is 0 Å². The van der Waals surface area contributed by atoms with E-state index in [1.54, 1.807) is 6.07 Å². The molecule has 1 atom stereocenters. The smallest absolute Gasteiger partial charge is 0.224 e. The lowest BCUT2D eigenvalue weighted by molar-refractivity contribution is -0.123. The minimum atomic E-state index is -0.739. The third kappa shape index (κ3) is 1.72. The summed E-state index contributed by atoms with van der Waals surface area (Å²) in [5.41, 5.74) is 4.83. The van der Waals surface area contributed by atoms with Gasteiger partial charge in [-0.2, -0.15) is 0 Å². The monoisotopic (exact) mass is 265 g/mol. The van der Waals surface area contributed by atoms with E-state index in [1.807, 2.05) is 6.92 Å². The van der Waals surface area contributed by atoms with Crippen molar-refractivity contribution < 1.29 is 18.0 Å². The molecule has 0 bridgehead atoms. The van der Waals surface area contributed by atoms with Crippen LogP contribution in [0.3, 0.4) is 0 Å². The second-order valence-electron chi connectivity index (χ2n) is 5.20. The van der Waals surface area contributed by atoms with Gasteiger partial charge in [-0.1, -0.05) is 6.92 Å². The highest BCUT2D eigenvalue weighted by molar-refractivity contribution is 5.85. The Morgan fingerprint density at radius 1 is 1.37 bits per heavy atom. The van der Waals surface area contributed by atoms with E-state index in [1.165, 1.54) is 6.07 Å². The molecule has 3 nitrogen and oxygen atoms in total. The first-order chi connectivity index (χ1) is 8.94. The van der Waals surface area contributed by atoms with Gasteiger partial charge < -0.3 is 10.2 Å². The van der Waals surface area contributed by atoms with Crippen LogP contribution < -0.4 is 5.73 Å². The summed E-state index contributed by atoms with van der Waals surface area (Å²) in [5.74, 6) is -1.53. The van der Waals surface area contributed by atoms with Gasteiger partial charge in [-0.15, -0.1) is 0 Å². The molecule has 19 heavy (non-hydrogen) atoms. The van der Waals surface area contributed by atoms with E-state index in [0.717, 1.165) is 6.07 Å². The molecule has 1 heterocycles. The zero-order valence-electron chi connectivity index (χ0n) is 10.4. The maximum absolute atomic E-state index is 13.6. The van der Waals surface area contributed by atoms with Crippen molar-refractivity contribution in [1.82, 2.24) is 0 Å². The summed E-state index contributed by atoms with van der Waals surface area (Å²) in [4.78, 5) is 11.5. The number of furan rings is 1. The third-order valence-electron chi connectivity index (χ3n) is 4.09. The molecular weight excluding hydrogens is 252 g/mol. The van der Waals surface area contributed by atoms with E-state index in [0.29, 0.717) is 24.0 Å². The predicted molar refractivity (Wildman–Crippen MR) is 65.4 cm³/mol. The first kappa shape index (κ1) is 12.1. The number of nitrogens with two attached hydrogens (primary N) is 1. The van der Waals surface area contributed by atoms with Gasteiger partial charge in [0.25, 0.3) is 0 Å². The number of primary amides is 1. The lowest BCUT2D eigenvalue weighted by Crippen LogP contribution is -2.29. The number of rotatable bonds is 3. The van der Waals surface area contributed by atoms with Gasteiger partial charge in [0, 0.05) is 17.4 Å². The molecule has 0 saturated heterocycles. The number of carbonyl (C=O) groups excluding carboxylic acids is 1. The zero-order valence-corrected chi connectivity index (χ0v) is 10.4. The zero-order chi connectivity index (χ0) is 13.8. The van der Waals surface area contributed by atoms with Crippen molar-refractivity contribution in [3.05, 3.63) is 35.6 Å². The third-order valence-corrected chi connectivity index (χ3v) is 4.09. The highest BCUT2D eigenvalue weighted by atomic mass is 19.1. The summed E-state index contributed by atoms with van der Waals surface area (Å²) in [6, 6.07) is 3.57. The van der Waals surface area contributed by atoms with Gasteiger partial charge in [0.1, 0.15) is 11.6 Å². The van der Waals surface area contributed by atoms with Crippen molar-refractivity contribution in [2.75, 3.05) is 0 Å². The molecule has 0 radical (unpaired) electrons. The highest BCUT2D eigenvalue weighted by Gasteiger charge is 2.54. The van der Waals surface area contributed by atoms with Crippen LogP contribution in [0.2, 0.25) is 0 Å². The van der Waals surface area contributed by atoms with Crippen LogP contribution in [0.4, 0.5) is 8.78 Å². The molecule has 3 rings (SSSR count). The van der Waals surface area contributed by atoms with Gasteiger partial charge in [0.05, 0.1) is 5.41 Å². The quantitative estimate of drug-likeness (QED) is 0.927. The summed E-state index contributed by atoms with van der Waals surface area (Å²) in [5, 5.41) is 0.361. The van der Waals surface area contributed by atoms with E-state index >= 15 is 0 Å². The Bertz CT molecular complexity index is 673. The van der Waals surface area contributed by atoms with Crippen molar-refractivity contribution in [1.29, 1.82) is 0 Å². The molecular formula is C14H13F2NO2. The second kappa shape index (κ2) is 3.79. The molecule has 5 heteroatoms. The maximum Gasteiger partial charge on any atom is 0.224 e. The number of amides is 1. The van der Waals surface area contributed by atoms with Gasteiger partial charge in [-0.05, 0) is 25.0 Å². The van der Waals surface area contributed by atoms with Gasteiger partial charge in [-0.25, -0.2) is 8.78 Å². The Hall–Kier alpha value is -1.91. The van der Waals surface area contributed by atoms with Crippen molar-refractivity contribution >= 4 is 16.9 Å². The lowest BCUT2D eigenvalue weighted by atomic mass is 9.88. The standard InChI is InChI=1S/C14H13F2NO2/c1-7(14(2-3-14)13(17)18)11-5-8-4-9(15)6-10(16)12(8)19-11/h4-7H,2-3H2,1H3,(H2,17,18)/t7-/m0/s1. The molecule has 1 aliphatic rings. The maximum atomic E-state index is 13.6. The van der Waals surface area contributed by atoms with Crippen LogP contribution in [0.15, 0.2) is 22.6 Å². The van der Waals surface area contributed by atoms with E-state index in [2.05, 4.69) is 0 Å². The molecule has 1 saturated carbocycles. The number of benzene rings is 1. The number of fused-ring (bicyclic) bond motifs is 1. The summed E-state index contributed by atoms with van der Waals surface area (Å²) >= 11 is 0. The fraction of sp³-hybridized carbons (Fsp3) is 0.357. The Morgan fingerprint density at radius 3 is 2.63 bits per heavy atom. The molecule has 1 fully saturated rings. The Morgan fingerprint density at radius 2 is 2.05 bits per heavy atom. The number of hydrogen-bond donors (Lipinski definition) is 1. The first-order valence-electron chi connectivity index (χ1n) is 6.12. The van der Waals surface area contributed by atoms with Crippen LogP contribution in [0, 0.1) is 17.0 Å². The molecule has 1 aliphatic carbocycles. The molecule has 0 unspecified atom stereocenters. The fourth-order valence-electron chi connectivity index (χ4n) is 2.61. The number of carbonyl (C=O) groups is 1. The van der Waals surface area contributed by atoms with Crippen molar-refractivity contribution in [2.45, 2.75) is 25.7 Å². The first-order valence-corrected chi connectivity index (χ1v) is 6.12. The van der Waals surface area contributed by atoms with Crippen molar-refractivity contribution in [2.24, 2.45) is 11.1 Å². The van der Waals surface area contributed by atoms with Crippen molar-refractivity contribution in [3.63, 3.8) is 0 Å². The van der Waals surface area contributed by atoms with Crippen LogP contribution >= 0.6 is 0 Å². The van der Waals surface area contributed by atoms with E-state index in [4.69, 9.17) is 10.2 Å². The number of halogens is 2. The van der Waals surface area contributed by atoms with E-state index < -0.39 is 17.0 Å². The molecule has 1 amide bonds. The highest BCUT2D eigenvalue weighted by Crippen LogP contribution is 2.56. The Kier molecular flexibility index (Phi) is 2.42. The predicted octanol–water partition coefficient (Wildman–Crippen LogP) is 3.08. The van der Waals surface area contributed by atoms with Crippen LogP contribution in [0.25, 0.3) is 11.0 Å². The molecule has 0 spiro atoms. The summed E-state index contributed by atoms with van der Waals surface area (Å²) in [6.45, 7) is 1.82. The SMILES string of the molecule is C[C@@H](c1cc2cc(F)cc(F)c2o1)C1(C(N)=O)CC1. The van der Waals surface area contributed by atoms with Crippen LogP contribution in [0.1, 0.15) is 31.4 Å². The summed E-state index contributed by atoms with van der Waals surface area (Å²) < 4.78 is 32.1. The topological polar surface area (TPSA) is 56.2 Å². The second-order valence-corrected chi connectivity index (χ2v) is 5.20. The molecule has 100 valence electrons. The normalized spacial score (nSPS) is 18.5. The van der Waals surface area contributed by atoms with Gasteiger partial charge in [-0.3, -0.25) is 4.79 Å².